The smallest absolute Gasteiger partial charge is 0.0322 e. The molecule has 4 nitrogen and oxygen atoms in total. The Kier molecular flexibility index (Phi) is 4.50. The van der Waals surface area contributed by atoms with Gasteiger partial charge in [0.2, 0.25) is 0 Å². The highest BCUT2D eigenvalue weighted by atomic mass is 32.2. The third kappa shape index (κ3) is 3.29. The van der Waals surface area contributed by atoms with Gasteiger partial charge in [-0.15, -0.1) is 0 Å². The summed E-state index contributed by atoms with van der Waals surface area (Å²) in [6.07, 6.45) is 0. The van der Waals surface area contributed by atoms with Crippen LogP contribution in [0.4, 0.5) is 0 Å². The first-order valence-electron chi connectivity index (χ1n) is 8.76. The molecule has 25 heavy (non-hydrogen) atoms. The zero-order valence-corrected chi connectivity index (χ0v) is 15.2. The molecule has 2 aromatic rings. The second kappa shape index (κ2) is 6.65. The maximum Gasteiger partial charge on any atom is 0.0322 e. The van der Waals surface area contributed by atoms with Crippen molar-refractivity contribution in [1.29, 1.82) is 0 Å². The number of hydrogen-bond acceptors (Lipinski definition) is 3. The van der Waals surface area contributed by atoms with E-state index in [-0.39, 0.29) is 5.41 Å². The van der Waals surface area contributed by atoms with E-state index in [0.29, 0.717) is 18.4 Å². The van der Waals surface area contributed by atoms with E-state index >= 15 is 0 Å². The van der Waals surface area contributed by atoms with Crippen LogP contribution in [-0.2, 0) is 29.8 Å². The number of piperidine rings is 1. The third-order valence-corrected chi connectivity index (χ3v) is 6.40. The van der Waals surface area contributed by atoms with Crippen LogP contribution >= 0.6 is 0 Å². The summed E-state index contributed by atoms with van der Waals surface area (Å²) >= 11 is -2.21. The van der Waals surface area contributed by atoms with Gasteiger partial charge in [-0.05, 0) is 28.5 Å². The van der Waals surface area contributed by atoms with Gasteiger partial charge in [0, 0.05) is 42.9 Å². The van der Waals surface area contributed by atoms with Gasteiger partial charge in [-0.2, -0.15) is 0 Å². The monoisotopic (exact) mass is 355 g/mol. The Morgan fingerprint density at radius 3 is 2.48 bits per heavy atom. The van der Waals surface area contributed by atoms with Crippen LogP contribution in [0.3, 0.4) is 0 Å². The maximum absolute atomic E-state index is 10.7. The SMILES string of the molecule is CC1(c2cccc(CNS(=O)[O-])c2)C2CN(Cc3ccccc3)CC21. The normalized spacial score (nSPS) is 29.4. The van der Waals surface area contributed by atoms with Crippen molar-refractivity contribution < 1.29 is 8.76 Å². The average molecular weight is 355 g/mol. The fraction of sp³-hybridized carbons (Fsp3) is 0.400. The molecule has 2 aromatic carbocycles. The molecule has 3 unspecified atom stereocenters. The second-order valence-electron chi connectivity index (χ2n) is 7.43. The first kappa shape index (κ1) is 16.9. The summed E-state index contributed by atoms with van der Waals surface area (Å²) in [6.45, 7) is 6.03. The first-order valence-corrected chi connectivity index (χ1v) is 9.83. The minimum Gasteiger partial charge on any atom is -0.760 e. The molecular weight excluding hydrogens is 332 g/mol. The highest BCUT2D eigenvalue weighted by Gasteiger charge is 2.65. The topological polar surface area (TPSA) is 55.4 Å². The molecule has 4 rings (SSSR count). The van der Waals surface area contributed by atoms with Crippen molar-refractivity contribution >= 4 is 11.3 Å². The fourth-order valence-corrected chi connectivity index (χ4v) is 4.80. The van der Waals surface area contributed by atoms with E-state index in [1.165, 1.54) is 11.1 Å². The van der Waals surface area contributed by atoms with E-state index in [2.05, 4.69) is 59.0 Å². The van der Waals surface area contributed by atoms with Crippen molar-refractivity contribution in [1.82, 2.24) is 9.62 Å². The maximum atomic E-state index is 10.7. The molecule has 0 amide bonds. The molecule has 0 spiro atoms. The lowest BCUT2D eigenvalue weighted by molar-refractivity contribution is 0.270. The highest BCUT2D eigenvalue weighted by Crippen LogP contribution is 2.63. The lowest BCUT2D eigenvalue weighted by Crippen LogP contribution is -2.28. The van der Waals surface area contributed by atoms with E-state index < -0.39 is 11.3 Å². The van der Waals surface area contributed by atoms with Gasteiger partial charge in [0.1, 0.15) is 0 Å². The summed E-state index contributed by atoms with van der Waals surface area (Å²) in [5, 5.41) is 0. The average Bonchev–Trinajstić information content (AvgIpc) is 2.96. The standard InChI is InChI=1S/C20H24N2O2S/c1-20(17-9-5-8-16(10-17)11-21-25(23)24)18-13-22(14-19(18)20)12-15-6-3-2-4-7-15/h2-10,18-19,21H,11-14H2,1H3,(H,23,24)/p-1. The molecule has 5 heteroatoms. The zero-order valence-electron chi connectivity index (χ0n) is 14.4. The molecule has 0 bridgehead atoms. The molecule has 0 radical (unpaired) electrons. The van der Waals surface area contributed by atoms with E-state index in [4.69, 9.17) is 0 Å². The Morgan fingerprint density at radius 1 is 1.12 bits per heavy atom. The summed E-state index contributed by atoms with van der Waals surface area (Å²) in [6, 6.07) is 19.0. The van der Waals surface area contributed by atoms with Gasteiger partial charge in [0.15, 0.2) is 0 Å². The van der Waals surface area contributed by atoms with Gasteiger partial charge >= 0.3 is 0 Å². The van der Waals surface area contributed by atoms with Crippen LogP contribution in [0.25, 0.3) is 0 Å². The van der Waals surface area contributed by atoms with Gasteiger partial charge in [0.25, 0.3) is 0 Å². The lowest BCUT2D eigenvalue weighted by Gasteiger charge is -2.25. The molecule has 1 heterocycles. The number of benzene rings is 2. The van der Waals surface area contributed by atoms with Crippen LogP contribution in [0.1, 0.15) is 23.6 Å². The van der Waals surface area contributed by atoms with Crippen LogP contribution in [0.15, 0.2) is 54.6 Å². The molecule has 1 aliphatic heterocycles. The molecule has 132 valence electrons. The summed E-state index contributed by atoms with van der Waals surface area (Å²) in [7, 11) is 0. The number of likely N-dealkylation sites (tertiary alicyclic amines) is 1. The quantitative estimate of drug-likeness (QED) is 0.811. The largest absolute Gasteiger partial charge is 0.760 e. The van der Waals surface area contributed by atoms with Crippen LogP contribution in [0.5, 0.6) is 0 Å². The Labute approximate surface area is 151 Å². The number of nitrogens with one attached hydrogen (secondary N) is 1. The van der Waals surface area contributed by atoms with E-state index in [0.717, 1.165) is 25.2 Å². The molecule has 1 N–H and O–H groups in total. The fourth-order valence-electron chi connectivity index (χ4n) is 4.52. The summed E-state index contributed by atoms with van der Waals surface area (Å²) in [4.78, 5) is 2.55. The summed E-state index contributed by atoms with van der Waals surface area (Å²) in [5.41, 5.74) is 3.98. The Hall–Kier alpha value is -1.53. The third-order valence-electron chi connectivity index (χ3n) is 6.02. The van der Waals surface area contributed by atoms with Crippen LogP contribution in [-0.4, -0.2) is 26.8 Å². The minimum atomic E-state index is -2.21. The minimum absolute atomic E-state index is 0.236. The predicted molar refractivity (Wildman–Crippen MR) is 98.3 cm³/mol. The zero-order chi connectivity index (χ0) is 17.4. The number of hydrogen-bond donors (Lipinski definition) is 1. The van der Waals surface area contributed by atoms with Gasteiger partial charge in [-0.3, -0.25) is 9.11 Å². The van der Waals surface area contributed by atoms with Crippen LogP contribution < -0.4 is 4.72 Å². The molecule has 2 fully saturated rings. The first-order chi connectivity index (χ1) is 12.1. The molecule has 1 saturated carbocycles. The summed E-state index contributed by atoms with van der Waals surface area (Å²) in [5.74, 6) is 1.40. The summed E-state index contributed by atoms with van der Waals surface area (Å²) < 4.78 is 23.8. The highest BCUT2D eigenvalue weighted by molar-refractivity contribution is 7.77. The molecule has 1 aliphatic carbocycles. The Morgan fingerprint density at radius 2 is 1.80 bits per heavy atom. The predicted octanol–water partition coefficient (Wildman–Crippen LogP) is 2.59. The van der Waals surface area contributed by atoms with Gasteiger partial charge in [0.05, 0.1) is 0 Å². The van der Waals surface area contributed by atoms with Gasteiger partial charge in [-0.25, -0.2) is 4.72 Å². The molecular formula is C20H23N2O2S-. The number of rotatable bonds is 6. The molecule has 1 saturated heterocycles. The Balaban J connectivity index is 1.41. The molecule has 3 atom stereocenters. The van der Waals surface area contributed by atoms with Crippen molar-refractivity contribution in [3.63, 3.8) is 0 Å². The van der Waals surface area contributed by atoms with E-state index in [1.54, 1.807) is 0 Å². The van der Waals surface area contributed by atoms with E-state index in [1.807, 2.05) is 12.1 Å². The van der Waals surface area contributed by atoms with Gasteiger partial charge < -0.3 is 4.55 Å². The van der Waals surface area contributed by atoms with Crippen molar-refractivity contribution in [3.8, 4) is 0 Å². The van der Waals surface area contributed by atoms with Crippen LogP contribution in [0, 0.1) is 11.8 Å². The van der Waals surface area contributed by atoms with Gasteiger partial charge in [-0.1, -0.05) is 61.5 Å². The molecule has 0 aromatic heterocycles. The number of fused-ring (bicyclic) bond motifs is 1. The van der Waals surface area contributed by atoms with Crippen molar-refractivity contribution in [2.75, 3.05) is 13.1 Å². The Bertz CT molecular complexity index is 768. The van der Waals surface area contributed by atoms with Crippen molar-refractivity contribution in [2.45, 2.75) is 25.4 Å². The van der Waals surface area contributed by atoms with Crippen molar-refractivity contribution in [2.24, 2.45) is 11.8 Å². The lowest BCUT2D eigenvalue weighted by atomic mass is 9.91. The van der Waals surface area contributed by atoms with Crippen LogP contribution in [0.2, 0.25) is 0 Å². The molecule has 2 aliphatic rings. The second-order valence-corrected chi connectivity index (χ2v) is 8.19. The van der Waals surface area contributed by atoms with Crippen molar-refractivity contribution in [3.05, 3.63) is 71.3 Å². The number of nitrogens with zero attached hydrogens (tertiary/aromatic N) is 1. The van der Waals surface area contributed by atoms with E-state index in [9.17, 15) is 8.76 Å².